The summed E-state index contributed by atoms with van der Waals surface area (Å²) < 4.78 is 0. The van der Waals surface area contributed by atoms with E-state index in [9.17, 15) is 9.90 Å². The van der Waals surface area contributed by atoms with Gasteiger partial charge < -0.3 is 21.6 Å². The lowest BCUT2D eigenvalue weighted by Gasteiger charge is -2.19. The minimum atomic E-state index is -0.925. The van der Waals surface area contributed by atoms with Gasteiger partial charge in [0.1, 0.15) is 0 Å². The van der Waals surface area contributed by atoms with Gasteiger partial charge in [0, 0.05) is 17.9 Å². The fraction of sp³-hybridized carbons (Fsp3) is 0.263. The van der Waals surface area contributed by atoms with Crippen LogP contribution < -0.4 is 16.5 Å². The molecule has 0 bridgehead atoms. The largest absolute Gasteiger partial charge is 0.479 e. The predicted molar refractivity (Wildman–Crippen MR) is 102 cm³/mol. The summed E-state index contributed by atoms with van der Waals surface area (Å²) in [5, 5.41) is 19.5. The summed E-state index contributed by atoms with van der Waals surface area (Å²) in [5.74, 6) is 4.20. The van der Waals surface area contributed by atoms with Gasteiger partial charge in [0.2, 0.25) is 0 Å². The van der Waals surface area contributed by atoms with E-state index in [0.717, 1.165) is 41.0 Å². The molecule has 25 heavy (non-hydrogen) atoms. The van der Waals surface area contributed by atoms with E-state index in [2.05, 4.69) is 22.7 Å². The molecule has 6 heteroatoms. The number of hydrogen-bond donors (Lipinski definition) is 4. The van der Waals surface area contributed by atoms with Crippen molar-refractivity contribution in [3.05, 3.63) is 59.2 Å². The van der Waals surface area contributed by atoms with Crippen LogP contribution in [0.2, 0.25) is 0 Å². The van der Waals surface area contributed by atoms with Gasteiger partial charge in [0.05, 0.1) is 6.21 Å². The molecule has 0 aliphatic heterocycles. The van der Waals surface area contributed by atoms with Crippen LogP contribution in [-0.2, 0) is 11.2 Å². The van der Waals surface area contributed by atoms with Gasteiger partial charge in [0.25, 0.3) is 0 Å². The molecule has 0 heterocycles. The lowest BCUT2D eigenvalue weighted by Crippen LogP contribution is -2.21. The van der Waals surface area contributed by atoms with Crippen LogP contribution in [0, 0.1) is 0 Å². The van der Waals surface area contributed by atoms with Crippen LogP contribution in [-0.4, -0.2) is 23.8 Å². The van der Waals surface area contributed by atoms with Crippen LogP contribution in [0.1, 0.15) is 36.6 Å². The zero-order valence-electron chi connectivity index (χ0n) is 14.5. The Morgan fingerprint density at radius 1 is 1.24 bits per heavy atom. The number of anilines is 2. The second-order valence-corrected chi connectivity index (χ2v) is 5.62. The van der Waals surface area contributed by atoms with Gasteiger partial charge >= 0.3 is 5.97 Å². The number of aryl methyl sites for hydroxylation is 1. The van der Waals surface area contributed by atoms with E-state index in [0.29, 0.717) is 0 Å². The summed E-state index contributed by atoms with van der Waals surface area (Å²) in [6.07, 6.45) is 2.36. The first kappa shape index (κ1) is 18.3. The van der Waals surface area contributed by atoms with Crippen molar-refractivity contribution in [2.24, 2.45) is 10.9 Å². The van der Waals surface area contributed by atoms with Crippen molar-refractivity contribution >= 4 is 23.6 Å². The van der Waals surface area contributed by atoms with E-state index in [-0.39, 0.29) is 0 Å². The van der Waals surface area contributed by atoms with Crippen molar-refractivity contribution < 1.29 is 9.90 Å². The first-order chi connectivity index (χ1) is 12.1. The van der Waals surface area contributed by atoms with Gasteiger partial charge in [-0.25, -0.2) is 4.79 Å². The molecule has 2 aromatic rings. The Kier molecular flexibility index (Phi) is 6.39. The topological polar surface area (TPSA) is 99.7 Å². The molecule has 1 atom stereocenters. The van der Waals surface area contributed by atoms with Gasteiger partial charge in [0.15, 0.2) is 6.04 Å². The molecule has 5 N–H and O–H groups in total. The number of carboxylic acid groups (broad SMARTS) is 1. The Bertz CT molecular complexity index is 742. The fourth-order valence-electron chi connectivity index (χ4n) is 2.65. The number of nitrogens with two attached hydrogens (primary N) is 1. The second kappa shape index (κ2) is 8.73. The molecule has 0 amide bonds. The van der Waals surface area contributed by atoms with Crippen LogP contribution in [0.4, 0.5) is 11.4 Å². The van der Waals surface area contributed by atoms with E-state index in [1.54, 1.807) is 12.1 Å². The molecule has 2 rings (SSSR count). The average molecular weight is 340 g/mol. The molecule has 0 radical (unpaired) electrons. The molecule has 0 aliphatic carbocycles. The summed E-state index contributed by atoms with van der Waals surface area (Å²) in [4.78, 5) is 11.8. The SMILES string of the molecule is CCNc1ccc(C(Nc2ccc(C=NN)cc2)C(=O)O)cc1CC. The quantitative estimate of drug-likeness (QED) is 0.336. The van der Waals surface area contributed by atoms with Gasteiger partial charge in [-0.3, -0.25) is 0 Å². The van der Waals surface area contributed by atoms with Gasteiger partial charge in [-0.05, 0) is 48.2 Å². The van der Waals surface area contributed by atoms with Crippen molar-refractivity contribution in [3.63, 3.8) is 0 Å². The number of carboxylic acids is 1. The summed E-state index contributed by atoms with van der Waals surface area (Å²) in [6.45, 7) is 4.92. The Morgan fingerprint density at radius 3 is 2.52 bits per heavy atom. The third-order valence-corrected chi connectivity index (χ3v) is 3.90. The zero-order valence-corrected chi connectivity index (χ0v) is 14.5. The molecule has 0 aromatic heterocycles. The third-order valence-electron chi connectivity index (χ3n) is 3.90. The van der Waals surface area contributed by atoms with Gasteiger partial charge in [-0.1, -0.05) is 31.2 Å². The monoisotopic (exact) mass is 340 g/mol. The number of aliphatic carboxylic acids is 1. The van der Waals surface area contributed by atoms with E-state index in [1.165, 1.54) is 6.21 Å². The Labute approximate surface area is 147 Å². The lowest BCUT2D eigenvalue weighted by molar-refractivity contribution is -0.138. The molecule has 2 aromatic carbocycles. The Morgan fingerprint density at radius 2 is 1.96 bits per heavy atom. The van der Waals surface area contributed by atoms with E-state index in [1.807, 2.05) is 37.3 Å². The van der Waals surface area contributed by atoms with Crippen LogP contribution in [0.15, 0.2) is 47.6 Å². The normalized spacial score (nSPS) is 12.1. The van der Waals surface area contributed by atoms with Gasteiger partial charge in [-0.15, -0.1) is 0 Å². The minimum absolute atomic E-state index is 0.718. The van der Waals surface area contributed by atoms with E-state index in [4.69, 9.17) is 5.84 Å². The smallest absolute Gasteiger partial charge is 0.330 e. The maximum Gasteiger partial charge on any atom is 0.330 e. The first-order valence-electron chi connectivity index (χ1n) is 8.28. The number of carbonyl (C=O) groups is 1. The van der Waals surface area contributed by atoms with Crippen LogP contribution >= 0.6 is 0 Å². The summed E-state index contributed by atoms with van der Waals surface area (Å²) in [7, 11) is 0. The highest BCUT2D eigenvalue weighted by molar-refractivity contribution is 5.82. The predicted octanol–water partition coefficient (Wildman–Crippen LogP) is 3.21. The Balaban J connectivity index is 2.27. The molecule has 0 aliphatic rings. The van der Waals surface area contributed by atoms with E-state index >= 15 is 0 Å². The molecule has 6 nitrogen and oxygen atoms in total. The van der Waals surface area contributed by atoms with Crippen LogP contribution in [0.5, 0.6) is 0 Å². The molecule has 1 unspecified atom stereocenters. The van der Waals surface area contributed by atoms with Crippen molar-refractivity contribution in [2.75, 3.05) is 17.2 Å². The molecular weight excluding hydrogens is 316 g/mol. The third kappa shape index (κ3) is 4.73. The second-order valence-electron chi connectivity index (χ2n) is 5.62. The number of rotatable bonds is 8. The summed E-state index contributed by atoms with van der Waals surface area (Å²) >= 11 is 0. The van der Waals surface area contributed by atoms with Crippen LogP contribution in [0.25, 0.3) is 0 Å². The van der Waals surface area contributed by atoms with Crippen molar-refractivity contribution in [3.8, 4) is 0 Å². The standard InChI is InChI=1S/C19H24N4O2/c1-3-14-11-15(7-10-17(14)21-4-2)18(19(24)25)23-16-8-5-13(6-9-16)12-22-20/h5-12,18,21,23H,3-4,20H2,1-2H3,(H,24,25). The fourth-order valence-corrected chi connectivity index (χ4v) is 2.65. The molecule has 0 fully saturated rings. The van der Waals surface area contributed by atoms with Crippen molar-refractivity contribution in [1.29, 1.82) is 0 Å². The number of nitrogens with one attached hydrogen (secondary N) is 2. The minimum Gasteiger partial charge on any atom is -0.479 e. The highest BCUT2D eigenvalue weighted by Crippen LogP contribution is 2.25. The molecule has 0 saturated carbocycles. The molecular formula is C19H24N4O2. The lowest BCUT2D eigenvalue weighted by atomic mass is 10.0. The highest BCUT2D eigenvalue weighted by Gasteiger charge is 2.20. The van der Waals surface area contributed by atoms with Crippen molar-refractivity contribution in [2.45, 2.75) is 26.3 Å². The van der Waals surface area contributed by atoms with E-state index < -0.39 is 12.0 Å². The average Bonchev–Trinajstić information content (AvgIpc) is 2.62. The highest BCUT2D eigenvalue weighted by atomic mass is 16.4. The molecule has 0 spiro atoms. The van der Waals surface area contributed by atoms with Crippen LogP contribution in [0.3, 0.4) is 0 Å². The van der Waals surface area contributed by atoms with Gasteiger partial charge in [-0.2, -0.15) is 5.10 Å². The number of nitrogens with zero attached hydrogens (tertiary/aromatic N) is 1. The first-order valence-corrected chi connectivity index (χ1v) is 8.28. The zero-order chi connectivity index (χ0) is 18.2. The summed E-state index contributed by atoms with van der Waals surface area (Å²) in [6, 6.07) is 12.2. The number of benzene rings is 2. The maximum atomic E-state index is 11.8. The molecule has 0 saturated heterocycles. The maximum absolute atomic E-state index is 11.8. The summed E-state index contributed by atoms with van der Waals surface area (Å²) in [5.41, 5.74) is 4.43. The number of hydrogen-bond acceptors (Lipinski definition) is 5. The molecule has 132 valence electrons. The Hall–Kier alpha value is -3.02. The van der Waals surface area contributed by atoms with Crippen molar-refractivity contribution in [1.82, 2.24) is 0 Å². The number of hydrazone groups is 1.